The maximum absolute atomic E-state index is 12.4. The molecule has 0 rings (SSSR count). The number of phosphoric acid groups is 1. The molecule has 56 heavy (non-hydrogen) atoms. The Labute approximate surface area is 342 Å². The van der Waals surface area contributed by atoms with Gasteiger partial charge in [-0.1, -0.05) is 193 Å². The second-order valence-electron chi connectivity index (χ2n) is 16.0. The molecule has 0 bridgehead atoms. The maximum Gasteiger partial charge on any atom is 0.469 e. The molecule has 0 saturated carbocycles. The highest BCUT2D eigenvalue weighted by Crippen LogP contribution is 2.36. The summed E-state index contributed by atoms with van der Waals surface area (Å²) in [5, 5.41) is 20.4. The van der Waals surface area contributed by atoms with Gasteiger partial charge in [-0.15, -0.1) is 0 Å². The van der Waals surface area contributed by atoms with E-state index in [2.05, 4.69) is 24.4 Å². The summed E-state index contributed by atoms with van der Waals surface area (Å²) in [4.78, 5) is 43.0. The molecule has 0 radical (unpaired) electrons. The molecule has 0 aromatic carbocycles. The van der Waals surface area contributed by atoms with Crippen LogP contribution in [0.4, 0.5) is 0 Å². The molecule has 4 N–H and O–H groups in total. The summed E-state index contributed by atoms with van der Waals surface area (Å²) < 4.78 is 26.4. The fourth-order valence-electron chi connectivity index (χ4n) is 6.87. The highest BCUT2D eigenvalue weighted by Gasteiger charge is 2.23. The molecule has 11 heteroatoms. The van der Waals surface area contributed by atoms with Crippen LogP contribution in [0, 0.1) is 0 Å². The number of hydrogen-bond donors (Lipinski definition) is 4. The lowest BCUT2D eigenvalue weighted by atomic mass is 10.0. The summed E-state index contributed by atoms with van der Waals surface area (Å²) in [6.45, 7) is 3.53. The molecule has 0 unspecified atom stereocenters. The number of hydrogen-bond acceptors (Lipinski definition) is 8. The van der Waals surface area contributed by atoms with Crippen LogP contribution < -0.4 is 0 Å². The number of phosphoric ester groups is 1. The summed E-state index contributed by atoms with van der Waals surface area (Å²) >= 11 is 0. The Hall–Kier alpha value is -1.29. The van der Waals surface area contributed by atoms with Crippen LogP contribution in [-0.2, 0) is 28.2 Å². The maximum atomic E-state index is 12.4. The van der Waals surface area contributed by atoms with Gasteiger partial charge in [-0.3, -0.25) is 14.1 Å². The van der Waals surface area contributed by atoms with Crippen LogP contribution in [0.25, 0.3) is 0 Å². The van der Waals surface area contributed by atoms with E-state index in [9.17, 15) is 24.4 Å². The van der Waals surface area contributed by atoms with Gasteiger partial charge in [0.25, 0.3) is 0 Å². The number of rotatable bonds is 43. The van der Waals surface area contributed by atoms with Crippen LogP contribution in [0.15, 0.2) is 12.2 Å². The minimum atomic E-state index is -4.79. The third-order valence-corrected chi connectivity index (χ3v) is 11.0. The Balaban J connectivity index is 3.92. The van der Waals surface area contributed by atoms with Gasteiger partial charge in [0.1, 0.15) is 6.61 Å². The predicted octanol–water partition coefficient (Wildman–Crippen LogP) is 12.1. The molecule has 10 nitrogen and oxygen atoms in total. The van der Waals surface area contributed by atoms with Gasteiger partial charge < -0.3 is 29.5 Å². The summed E-state index contributed by atoms with van der Waals surface area (Å²) in [7, 11) is -4.79. The quantitative estimate of drug-likeness (QED) is 0.0202. The standard InChI is InChI=1S/C45H87O10P/c1-3-5-7-9-11-12-13-14-15-16-17-18-19-20-21-22-23-24-25-29-33-37-44(48)53-39-41(40-54-56(50,51)52)55-45(49)38-34-30-26-28-32-36-43(47)42(46)35-31-27-10-8-6-4-2/h27,31,41-43,46-47H,3-26,28-30,32-40H2,1-2H3,(H2,50,51,52)/b31-27-/t41-,42+,43+/m1/s1. The molecular formula is C45H87O10P. The van der Waals surface area contributed by atoms with E-state index in [1.807, 2.05) is 6.08 Å². The largest absolute Gasteiger partial charge is 0.469 e. The fraction of sp³-hybridized carbons (Fsp3) is 0.911. The number of carbonyl (C=O) groups excluding carboxylic acids is 2. The molecule has 0 aromatic rings. The van der Waals surface area contributed by atoms with Crippen molar-refractivity contribution in [1.29, 1.82) is 0 Å². The van der Waals surface area contributed by atoms with Gasteiger partial charge in [0.2, 0.25) is 0 Å². The first-order chi connectivity index (χ1) is 27.1. The lowest BCUT2D eigenvalue weighted by Gasteiger charge is -2.18. The summed E-state index contributed by atoms with van der Waals surface area (Å²) in [6, 6.07) is 0. The van der Waals surface area contributed by atoms with E-state index in [0.29, 0.717) is 25.7 Å². The first-order valence-corrected chi connectivity index (χ1v) is 24.7. The molecule has 0 heterocycles. The van der Waals surface area contributed by atoms with Gasteiger partial charge in [0.05, 0.1) is 18.8 Å². The number of allylic oxidation sites excluding steroid dienone is 1. The predicted molar refractivity (Wildman–Crippen MR) is 228 cm³/mol. The van der Waals surface area contributed by atoms with Crippen LogP contribution in [0.2, 0.25) is 0 Å². The topological polar surface area (TPSA) is 160 Å². The summed E-state index contributed by atoms with van der Waals surface area (Å²) in [6.07, 6.45) is 38.2. The van der Waals surface area contributed by atoms with E-state index in [1.54, 1.807) is 0 Å². The molecule has 0 aliphatic rings. The van der Waals surface area contributed by atoms with Gasteiger partial charge in [-0.2, -0.15) is 0 Å². The van der Waals surface area contributed by atoms with Crippen molar-refractivity contribution in [2.75, 3.05) is 13.2 Å². The van der Waals surface area contributed by atoms with E-state index in [4.69, 9.17) is 19.3 Å². The lowest BCUT2D eigenvalue weighted by molar-refractivity contribution is -0.161. The summed E-state index contributed by atoms with van der Waals surface area (Å²) in [5.41, 5.74) is 0. The molecule has 0 spiro atoms. The number of aliphatic hydroxyl groups excluding tert-OH is 2. The molecule has 0 aliphatic heterocycles. The monoisotopic (exact) mass is 819 g/mol. The second kappa shape index (κ2) is 40.5. The first kappa shape index (κ1) is 54.7. The highest BCUT2D eigenvalue weighted by molar-refractivity contribution is 7.46. The van der Waals surface area contributed by atoms with Gasteiger partial charge in [-0.05, 0) is 38.5 Å². The van der Waals surface area contributed by atoms with Gasteiger partial charge in [0.15, 0.2) is 6.10 Å². The second-order valence-corrected chi connectivity index (χ2v) is 17.3. The highest BCUT2D eigenvalue weighted by atomic mass is 31.2. The van der Waals surface area contributed by atoms with Crippen LogP contribution in [0.3, 0.4) is 0 Å². The first-order valence-electron chi connectivity index (χ1n) is 23.1. The number of ether oxygens (including phenoxy) is 2. The fourth-order valence-corrected chi connectivity index (χ4v) is 7.23. The van der Waals surface area contributed by atoms with E-state index in [1.165, 1.54) is 122 Å². The Bertz CT molecular complexity index is 955. The van der Waals surface area contributed by atoms with E-state index in [0.717, 1.165) is 57.8 Å². The molecule has 0 aromatic heterocycles. The Kier molecular flexibility index (Phi) is 39.6. The number of aliphatic hydroxyl groups is 2. The Morgan fingerprint density at radius 3 is 1.39 bits per heavy atom. The van der Waals surface area contributed by atoms with E-state index >= 15 is 0 Å². The Morgan fingerprint density at radius 1 is 0.518 bits per heavy atom. The van der Waals surface area contributed by atoms with Gasteiger partial charge in [-0.25, -0.2) is 4.57 Å². The van der Waals surface area contributed by atoms with Crippen molar-refractivity contribution in [3.63, 3.8) is 0 Å². The molecule has 0 amide bonds. The zero-order valence-corrected chi connectivity index (χ0v) is 36.9. The van der Waals surface area contributed by atoms with Crippen molar-refractivity contribution < 1.29 is 48.2 Å². The number of unbranched alkanes of at least 4 members (excludes halogenated alkanes) is 27. The molecule has 0 fully saturated rings. The molecule has 0 saturated heterocycles. The minimum absolute atomic E-state index is 0.117. The van der Waals surface area contributed by atoms with E-state index < -0.39 is 44.7 Å². The van der Waals surface area contributed by atoms with Crippen LogP contribution in [-0.4, -0.2) is 63.5 Å². The number of carbonyl (C=O) groups is 2. The van der Waals surface area contributed by atoms with Crippen molar-refractivity contribution in [1.82, 2.24) is 0 Å². The van der Waals surface area contributed by atoms with Crippen molar-refractivity contribution in [2.45, 2.75) is 250 Å². The van der Waals surface area contributed by atoms with Crippen molar-refractivity contribution in [3.05, 3.63) is 12.2 Å². The van der Waals surface area contributed by atoms with Crippen molar-refractivity contribution >= 4 is 19.8 Å². The third kappa shape index (κ3) is 40.9. The van der Waals surface area contributed by atoms with Crippen LogP contribution in [0.5, 0.6) is 0 Å². The Morgan fingerprint density at radius 2 is 0.929 bits per heavy atom. The van der Waals surface area contributed by atoms with Crippen molar-refractivity contribution in [2.24, 2.45) is 0 Å². The van der Waals surface area contributed by atoms with Gasteiger partial charge in [0, 0.05) is 12.8 Å². The van der Waals surface area contributed by atoms with E-state index in [-0.39, 0.29) is 19.4 Å². The lowest BCUT2D eigenvalue weighted by Crippen LogP contribution is -2.29. The van der Waals surface area contributed by atoms with Crippen LogP contribution >= 0.6 is 7.82 Å². The van der Waals surface area contributed by atoms with Crippen molar-refractivity contribution in [3.8, 4) is 0 Å². The molecule has 332 valence electrons. The zero-order valence-electron chi connectivity index (χ0n) is 36.0. The molecular weight excluding hydrogens is 731 g/mol. The average molecular weight is 819 g/mol. The summed E-state index contributed by atoms with van der Waals surface area (Å²) in [5.74, 6) is -0.984. The van der Waals surface area contributed by atoms with Gasteiger partial charge >= 0.3 is 19.8 Å². The minimum Gasteiger partial charge on any atom is -0.462 e. The normalized spacial score (nSPS) is 13.6. The van der Waals surface area contributed by atoms with Crippen LogP contribution in [0.1, 0.15) is 232 Å². The SMILES string of the molecule is CCCCC/C=C\C[C@H](O)[C@@H](O)CCCCCCCC(=O)O[C@H](COC(=O)CCCCCCCCCCCCCCCCCCCCCCC)COP(=O)(O)O. The third-order valence-electron chi connectivity index (χ3n) is 10.5. The molecule has 0 aliphatic carbocycles. The number of esters is 2. The average Bonchev–Trinajstić information content (AvgIpc) is 3.16. The zero-order chi connectivity index (χ0) is 41.4. The smallest absolute Gasteiger partial charge is 0.462 e. The molecule has 3 atom stereocenters.